The highest BCUT2D eigenvalue weighted by Gasteiger charge is 2.08. The first-order chi connectivity index (χ1) is 11.5. The van der Waals surface area contributed by atoms with Crippen LogP contribution in [0.5, 0.6) is 11.5 Å². The average Bonchev–Trinajstić information content (AvgIpc) is 2.60. The molecule has 2 aromatic carbocycles. The van der Waals surface area contributed by atoms with Crippen LogP contribution in [-0.4, -0.2) is 37.6 Å². The molecule has 0 spiro atoms. The van der Waals surface area contributed by atoms with Crippen LogP contribution in [0.3, 0.4) is 0 Å². The van der Waals surface area contributed by atoms with Gasteiger partial charge in [0.1, 0.15) is 0 Å². The van der Waals surface area contributed by atoms with Crippen molar-refractivity contribution in [3.05, 3.63) is 63.7 Å². The molecule has 2 rings (SSSR count). The van der Waals surface area contributed by atoms with Crippen molar-refractivity contribution in [2.45, 2.75) is 13.0 Å². The topological polar surface area (TPSA) is 64.8 Å². The third-order valence-corrected chi connectivity index (χ3v) is 3.83. The number of nitrogens with zero attached hydrogens (tertiary/aromatic N) is 2. The minimum Gasteiger partial charge on any atom is -0.493 e. The van der Waals surface area contributed by atoms with Gasteiger partial charge in [-0.15, -0.1) is 0 Å². The molecule has 0 heterocycles. The van der Waals surface area contributed by atoms with Gasteiger partial charge in [-0.05, 0) is 36.7 Å². The van der Waals surface area contributed by atoms with Crippen molar-refractivity contribution in [2.24, 2.45) is 0 Å². The maximum atomic E-state index is 10.7. The van der Waals surface area contributed by atoms with E-state index < -0.39 is 0 Å². The Bertz CT molecular complexity index is 686. The van der Waals surface area contributed by atoms with Gasteiger partial charge in [-0.1, -0.05) is 18.2 Å². The molecule has 0 aliphatic rings. The lowest BCUT2D eigenvalue weighted by Gasteiger charge is -2.17. The van der Waals surface area contributed by atoms with E-state index in [1.54, 1.807) is 26.4 Å². The van der Waals surface area contributed by atoms with Gasteiger partial charge in [-0.2, -0.15) is 0 Å². The van der Waals surface area contributed by atoms with E-state index >= 15 is 0 Å². The number of nitro groups is 1. The largest absolute Gasteiger partial charge is 0.493 e. The maximum Gasteiger partial charge on any atom is 0.269 e. The Morgan fingerprint density at radius 3 is 2.21 bits per heavy atom. The zero-order chi connectivity index (χ0) is 17.5. The van der Waals surface area contributed by atoms with Gasteiger partial charge in [0.2, 0.25) is 0 Å². The number of benzene rings is 2. The van der Waals surface area contributed by atoms with Crippen LogP contribution in [0.1, 0.15) is 11.1 Å². The minimum absolute atomic E-state index is 0.117. The van der Waals surface area contributed by atoms with Crippen LogP contribution in [0.4, 0.5) is 5.69 Å². The highest BCUT2D eigenvalue weighted by Crippen LogP contribution is 2.27. The van der Waals surface area contributed by atoms with Crippen molar-refractivity contribution in [3.63, 3.8) is 0 Å². The predicted molar refractivity (Wildman–Crippen MR) is 92.7 cm³/mol. The molecule has 6 nitrogen and oxygen atoms in total. The molecular formula is C18H22N2O4. The third kappa shape index (κ3) is 4.70. The Hall–Kier alpha value is -2.60. The van der Waals surface area contributed by atoms with E-state index in [1.165, 1.54) is 17.7 Å². The number of hydrogen-bond acceptors (Lipinski definition) is 5. The molecule has 0 fully saturated rings. The molecule has 128 valence electrons. The van der Waals surface area contributed by atoms with Gasteiger partial charge in [0.15, 0.2) is 11.5 Å². The van der Waals surface area contributed by atoms with Crippen molar-refractivity contribution in [1.29, 1.82) is 0 Å². The molecule has 0 aliphatic carbocycles. The molecule has 6 heteroatoms. The lowest BCUT2D eigenvalue weighted by atomic mass is 10.1. The van der Waals surface area contributed by atoms with E-state index in [2.05, 4.69) is 4.90 Å². The van der Waals surface area contributed by atoms with Gasteiger partial charge >= 0.3 is 0 Å². The normalized spacial score (nSPS) is 10.7. The van der Waals surface area contributed by atoms with Crippen LogP contribution >= 0.6 is 0 Å². The monoisotopic (exact) mass is 330 g/mol. The molecule has 0 bridgehead atoms. The van der Waals surface area contributed by atoms with Crippen LogP contribution in [0.2, 0.25) is 0 Å². The SMILES string of the molecule is COc1ccc(CCN(C)Cc2ccc([N+](=O)[O-])cc2)cc1OC. The second-order valence-electron chi connectivity index (χ2n) is 5.60. The number of ether oxygens (including phenoxy) is 2. The standard InChI is InChI=1S/C18H22N2O4/c1-19(13-15-4-7-16(8-5-15)20(21)22)11-10-14-6-9-17(23-2)18(12-14)24-3/h4-9,12H,10-11,13H2,1-3H3. The highest BCUT2D eigenvalue weighted by molar-refractivity contribution is 5.43. The maximum absolute atomic E-state index is 10.7. The van der Waals surface area contributed by atoms with Gasteiger partial charge in [-0.3, -0.25) is 10.1 Å². The van der Waals surface area contributed by atoms with Gasteiger partial charge in [0.25, 0.3) is 5.69 Å². The molecular weight excluding hydrogens is 308 g/mol. The molecule has 0 atom stereocenters. The Balaban J connectivity index is 1.90. The summed E-state index contributed by atoms with van der Waals surface area (Å²) in [5.74, 6) is 1.45. The van der Waals surface area contributed by atoms with Crippen molar-refractivity contribution in [2.75, 3.05) is 27.8 Å². The van der Waals surface area contributed by atoms with Gasteiger partial charge < -0.3 is 14.4 Å². The van der Waals surface area contributed by atoms with E-state index in [4.69, 9.17) is 9.47 Å². The Kier molecular flexibility index (Phi) is 6.14. The second kappa shape index (κ2) is 8.31. The molecule has 0 saturated carbocycles. The first kappa shape index (κ1) is 17.7. The summed E-state index contributed by atoms with van der Waals surface area (Å²) in [4.78, 5) is 12.5. The fourth-order valence-corrected chi connectivity index (χ4v) is 2.47. The van der Waals surface area contributed by atoms with Crippen LogP contribution < -0.4 is 9.47 Å². The van der Waals surface area contributed by atoms with Crippen LogP contribution in [0, 0.1) is 10.1 Å². The lowest BCUT2D eigenvalue weighted by molar-refractivity contribution is -0.384. The Labute approximate surface area is 141 Å². The van der Waals surface area contributed by atoms with Crippen molar-refractivity contribution < 1.29 is 14.4 Å². The number of hydrogen-bond donors (Lipinski definition) is 0. The smallest absolute Gasteiger partial charge is 0.269 e. The van der Waals surface area contributed by atoms with Gasteiger partial charge in [0, 0.05) is 25.2 Å². The summed E-state index contributed by atoms with van der Waals surface area (Å²) >= 11 is 0. The van der Waals surface area contributed by atoms with Crippen LogP contribution in [0.15, 0.2) is 42.5 Å². The third-order valence-electron chi connectivity index (χ3n) is 3.83. The van der Waals surface area contributed by atoms with Crippen molar-refractivity contribution >= 4 is 5.69 Å². The van der Waals surface area contributed by atoms with E-state index in [9.17, 15) is 10.1 Å². The van der Waals surface area contributed by atoms with Gasteiger partial charge in [-0.25, -0.2) is 0 Å². The quantitative estimate of drug-likeness (QED) is 0.549. The zero-order valence-corrected chi connectivity index (χ0v) is 14.2. The number of methoxy groups -OCH3 is 2. The number of likely N-dealkylation sites (N-methyl/N-ethyl adjacent to an activating group) is 1. The molecule has 0 unspecified atom stereocenters. The predicted octanol–water partition coefficient (Wildman–Crippen LogP) is 3.29. The molecule has 0 N–H and O–H groups in total. The number of rotatable bonds is 8. The van der Waals surface area contributed by atoms with Crippen LogP contribution in [0.25, 0.3) is 0 Å². The van der Waals surface area contributed by atoms with E-state index in [0.29, 0.717) is 0 Å². The lowest BCUT2D eigenvalue weighted by Crippen LogP contribution is -2.20. The van der Waals surface area contributed by atoms with Gasteiger partial charge in [0.05, 0.1) is 19.1 Å². The fourth-order valence-electron chi connectivity index (χ4n) is 2.47. The van der Waals surface area contributed by atoms with Crippen molar-refractivity contribution in [1.82, 2.24) is 4.90 Å². The molecule has 24 heavy (non-hydrogen) atoms. The summed E-state index contributed by atoms with van der Waals surface area (Å²) in [7, 11) is 5.28. The first-order valence-corrected chi connectivity index (χ1v) is 7.66. The summed E-state index contributed by atoms with van der Waals surface area (Å²) in [5.41, 5.74) is 2.34. The second-order valence-corrected chi connectivity index (χ2v) is 5.60. The minimum atomic E-state index is -0.384. The zero-order valence-electron chi connectivity index (χ0n) is 14.2. The summed E-state index contributed by atoms with van der Waals surface area (Å²) < 4.78 is 10.6. The van der Waals surface area contributed by atoms with E-state index in [0.717, 1.165) is 36.6 Å². The summed E-state index contributed by atoms with van der Waals surface area (Å²) in [5, 5.41) is 10.7. The van der Waals surface area contributed by atoms with Crippen LogP contribution in [-0.2, 0) is 13.0 Å². The molecule has 0 saturated heterocycles. The molecule has 0 radical (unpaired) electrons. The molecule has 0 amide bonds. The number of nitro benzene ring substituents is 1. The molecule has 2 aromatic rings. The summed E-state index contributed by atoms with van der Waals surface area (Å²) in [6.07, 6.45) is 0.879. The highest BCUT2D eigenvalue weighted by atomic mass is 16.6. The van der Waals surface area contributed by atoms with E-state index in [1.807, 2.05) is 25.2 Å². The summed E-state index contributed by atoms with van der Waals surface area (Å²) in [6.45, 7) is 1.61. The fraction of sp³-hybridized carbons (Fsp3) is 0.333. The van der Waals surface area contributed by atoms with E-state index in [-0.39, 0.29) is 10.6 Å². The Morgan fingerprint density at radius 1 is 1.00 bits per heavy atom. The molecule has 0 aromatic heterocycles. The first-order valence-electron chi connectivity index (χ1n) is 7.66. The number of non-ortho nitro benzene ring substituents is 1. The van der Waals surface area contributed by atoms with Crippen molar-refractivity contribution in [3.8, 4) is 11.5 Å². The summed E-state index contributed by atoms with van der Waals surface area (Å²) in [6, 6.07) is 12.6. The Morgan fingerprint density at radius 2 is 1.62 bits per heavy atom. The average molecular weight is 330 g/mol. The molecule has 0 aliphatic heterocycles.